The SMILES string of the molecule is C[C@H](C(=O)c1ccccc1)[C@]1(O)C(=O)Nc2ccc(Cl)cc21. The molecule has 2 atom stereocenters. The lowest BCUT2D eigenvalue weighted by Crippen LogP contribution is -2.44. The molecule has 0 saturated carbocycles. The van der Waals surface area contributed by atoms with Crippen molar-refractivity contribution in [1.82, 2.24) is 0 Å². The van der Waals surface area contributed by atoms with Gasteiger partial charge in [-0.05, 0) is 18.2 Å². The largest absolute Gasteiger partial charge is 0.375 e. The summed E-state index contributed by atoms with van der Waals surface area (Å²) >= 11 is 5.96. The van der Waals surface area contributed by atoms with E-state index in [2.05, 4.69) is 5.32 Å². The third-order valence-electron chi connectivity index (χ3n) is 4.06. The van der Waals surface area contributed by atoms with E-state index >= 15 is 0 Å². The molecule has 1 aliphatic heterocycles. The summed E-state index contributed by atoms with van der Waals surface area (Å²) in [6, 6.07) is 13.4. The summed E-state index contributed by atoms with van der Waals surface area (Å²) in [5, 5.41) is 13.9. The molecule has 0 aliphatic carbocycles. The number of ketones is 1. The molecule has 3 rings (SSSR count). The number of Topliss-reactive ketones (excluding diaryl/α,β-unsaturated/α-hetero) is 1. The van der Waals surface area contributed by atoms with Crippen LogP contribution in [0, 0.1) is 5.92 Å². The standard InChI is InChI=1S/C17H14ClNO3/c1-10(15(20)11-5-3-2-4-6-11)17(22)13-9-12(18)7-8-14(13)19-16(17)21/h2-10,22H,1H3,(H,19,21)/t10-,17-/m1/s1. The van der Waals surface area contributed by atoms with Crippen molar-refractivity contribution in [3.05, 3.63) is 64.7 Å². The first-order chi connectivity index (χ1) is 10.4. The van der Waals surface area contributed by atoms with Crippen LogP contribution in [0.15, 0.2) is 48.5 Å². The summed E-state index contributed by atoms with van der Waals surface area (Å²) in [6.45, 7) is 1.55. The number of carbonyl (C=O) groups is 2. The molecule has 2 aromatic carbocycles. The van der Waals surface area contributed by atoms with Crippen molar-refractivity contribution < 1.29 is 14.7 Å². The highest BCUT2D eigenvalue weighted by Gasteiger charge is 2.52. The zero-order valence-corrected chi connectivity index (χ0v) is 12.6. The molecule has 1 heterocycles. The van der Waals surface area contributed by atoms with E-state index < -0.39 is 17.4 Å². The molecule has 0 bridgehead atoms. The number of anilines is 1. The molecule has 0 spiro atoms. The van der Waals surface area contributed by atoms with Crippen molar-refractivity contribution in [3.8, 4) is 0 Å². The van der Waals surface area contributed by atoms with E-state index in [1.54, 1.807) is 49.4 Å². The van der Waals surface area contributed by atoms with Crippen LogP contribution in [0.5, 0.6) is 0 Å². The van der Waals surface area contributed by atoms with E-state index in [0.29, 0.717) is 21.8 Å². The van der Waals surface area contributed by atoms with E-state index in [4.69, 9.17) is 11.6 Å². The minimum atomic E-state index is -1.92. The summed E-state index contributed by atoms with van der Waals surface area (Å²) in [4.78, 5) is 24.9. The fourth-order valence-corrected chi connectivity index (χ4v) is 2.92. The van der Waals surface area contributed by atoms with Gasteiger partial charge in [0.15, 0.2) is 11.4 Å². The number of nitrogens with one attached hydrogen (secondary N) is 1. The first-order valence-electron chi connectivity index (χ1n) is 6.87. The highest BCUT2D eigenvalue weighted by molar-refractivity contribution is 6.31. The minimum absolute atomic E-state index is 0.300. The predicted octanol–water partition coefficient (Wildman–Crippen LogP) is 3.00. The van der Waals surface area contributed by atoms with Gasteiger partial charge in [0.05, 0.1) is 5.92 Å². The monoisotopic (exact) mass is 315 g/mol. The number of fused-ring (bicyclic) bond motifs is 1. The average Bonchev–Trinajstić information content (AvgIpc) is 2.79. The van der Waals surface area contributed by atoms with Crippen LogP contribution < -0.4 is 5.32 Å². The number of hydrogen-bond donors (Lipinski definition) is 2. The van der Waals surface area contributed by atoms with Gasteiger partial charge in [0.25, 0.3) is 5.91 Å². The Balaban J connectivity index is 2.05. The zero-order valence-electron chi connectivity index (χ0n) is 11.8. The molecule has 1 amide bonds. The molecule has 0 saturated heterocycles. The molecule has 0 aromatic heterocycles. The van der Waals surface area contributed by atoms with Gasteiger partial charge in [-0.15, -0.1) is 0 Å². The van der Waals surface area contributed by atoms with Gasteiger partial charge >= 0.3 is 0 Å². The second-order valence-electron chi connectivity index (χ2n) is 5.36. The zero-order chi connectivity index (χ0) is 15.9. The van der Waals surface area contributed by atoms with Gasteiger partial charge in [0.2, 0.25) is 0 Å². The van der Waals surface area contributed by atoms with Gasteiger partial charge < -0.3 is 10.4 Å². The average molecular weight is 316 g/mol. The predicted molar refractivity (Wildman–Crippen MR) is 83.9 cm³/mol. The van der Waals surface area contributed by atoms with E-state index in [1.165, 1.54) is 6.07 Å². The topological polar surface area (TPSA) is 66.4 Å². The van der Waals surface area contributed by atoms with Crippen LogP contribution >= 0.6 is 11.6 Å². The molecule has 1 aliphatic rings. The van der Waals surface area contributed by atoms with Crippen LogP contribution in [0.2, 0.25) is 5.02 Å². The minimum Gasteiger partial charge on any atom is -0.375 e. The molecule has 0 radical (unpaired) electrons. The third-order valence-corrected chi connectivity index (χ3v) is 4.30. The van der Waals surface area contributed by atoms with Gasteiger partial charge in [-0.25, -0.2) is 0 Å². The molecule has 2 N–H and O–H groups in total. The van der Waals surface area contributed by atoms with E-state index in [1.807, 2.05) is 0 Å². The smallest absolute Gasteiger partial charge is 0.261 e. The fraction of sp³-hybridized carbons (Fsp3) is 0.176. The number of halogens is 1. The van der Waals surface area contributed by atoms with E-state index in [-0.39, 0.29) is 5.78 Å². The Labute approximate surface area is 132 Å². The van der Waals surface area contributed by atoms with Crippen molar-refractivity contribution in [3.63, 3.8) is 0 Å². The van der Waals surface area contributed by atoms with Crippen molar-refractivity contribution in [1.29, 1.82) is 0 Å². The van der Waals surface area contributed by atoms with Crippen LogP contribution in [-0.2, 0) is 10.4 Å². The van der Waals surface area contributed by atoms with Crippen molar-refractivity contribution in [2.45, 2.75) is 12.5 Å². The number of aliphatic hydroxyl groups is 1. The Bertz CT molecular complexity index is 760. The van der Waals surface area contributed by atoms with Crippen LogP contribution in [0.25, 0.3) is 0 Å². The van der Waals surface area contributed by atoms with Crippen molar-refractivity contribution in [2.24, 2.45) is 5.92 Å². The molecule has 0 fully saturated rings. The summed E-state index contributed by atoms with van der Waals surface area (Å²) < 4.78 is 0. The number of benzene rings is 2. The number of rotatable bonds is 3. The van der Waals surface area contributed by atoms with Gasteiger partial charge in [-0.3, -0.25) is 9.59 Å². The summed E-state index contributed by atoms with van der Waals surface area (Å²) in [6.07, 6.45) is 0. The Hall–Kier alpha value is -2.17. The number of amides is 1. The fourth-order valence-electron chi connectivity index (χ4n) is 2.75. The lowest BCUT2D eigenvalue weighted by atomic mass is 9.79. The van der Waals surface area contributed by atoms with Crippen LogP contribution in [0.3, 0.4) is 0 Å². The summed E-state index contributed by atoms with van der Waals surface area (Å²) in [7, 11) is 0. The first kappa shape index (κ1) is 14.8. The highest BCUT2D eigenvalue weighted by Crippen LogP contribution is 2.43. The highest BCUT2D eigenvalue weighted by atomic mass is 35.5. The van der Waals surface area contributed by atoms with Gasteiger partial charge in [-0.2, -0.15) is 0 Å². The van der Waals surface area contributed by atoms with Crippen molar-refractivity contribution in [2.75, 3.05) is 5.32 Å². The molecule has 22 heavy (non-hydrogen) atoms. The first-order valence-corrected chi connectivity index (χ1v) is 7.25. The van der Waals surface area contributed by atoms with E-state index in [0.717, 1.165) is 0 Å². The molecular weight excluding hydrogens is 302 g/mol. The van der Waals surface area contributed by atoms with Crippen molar-refractivity contribution >= 4 is 29.0 Å². The van der Waals surface area contributed by atoms with Gasteiger partial charge in [0, 0.05) is 21.8 Å². The van der Waals surface area contributed by atoms with E-state index in [9.17, 15) is 14.7 Å². The van der Waals surface area contributed by atoms with Gasteiger partial charge in [-0.1, -0.05) is 48.9 Å². The Kier molecular flexibility index (Phi) is 3.51. The second-order valence-corrected chi connectivity index (χ2v) is 5.80. The summed E-state index contributed by atoms with van der Waals surface area (Å²) in [5.41, 5.74) is -0.661. The summed E-state index contributed by atoms with van der Waals surface area (Å²) in [5.74, 6) is -1.85. The second kappa shape index (κ2) is 5.23. The molecule has 0 unspecified atom stereocenters. The molecule has 4 nitrogen and oxygen atoms in total. The lowest BCUT2D eigenvalue weighted by Gasteiger charge is -2.27. The number of carbonyl (C=O) groups excluding carboxylic acids is 2. The molecule has 112 valence electrons. The van der Waals surface area contributed by atoms with Gasteiger partial charge in [0.1, 0.15) is 0 Å². The maximum Gasteiger partial charge on any atom is 0.261 e. The van der Waals surface area contributed by atoms with Crippen LogP contribution in [0.1, 0.15) is 22.8 Å². The molecular formula is C17H14ClNO3. The molecule has 5 heteroatoms. The van der Waals surface area contributed by atoms with Crippen LogP contribution in [-0.4, -0.2) is 16.8 Å². The number of hydrogen-bond acceptors (Lipinski definition) is 3. The maximum absolute atomic E-state index is 12.6. The Morgan fingerprint density at radius 3 is 2.59 bits per heavy atom. The maximum atomic E-state index is 12.6. The quantitative estimate of drug-likeness (QED) is 0.856. The van der Waals surface area contributed by atoms with Crippen LogP contribution in [0.4, 0.5) is 5.69 Å². The molecule has 2 aromatic rings. The Morgan fingerprint density at radius 2 is 1.91 bits per heavy atom. The lowest BCUT2D eigenvalue weighted by molar-refractivity contribution is -0.137. The Morgan fingerprint density at radius 1 is 1.23 bits per heavy atom. The normalized spacial score (nSPS) is 21.1. The third kappa shape index (κ3) is 2.12.